The van der Waals surface area contributed by atoms with Gasteiger partial charge in [0.1, 0.15) is 0 Å². The molecule has 4 heteroatoms. The number of rotatable bonds is 6. The Morgan fingerprint density at radius 3 is 2.40 bits per heavy atom. The molecule has 0 aliphatic rings. The van der Waals surface area contributed by atoms with Gasteiger partial charge in [0.2, 0.25) is 5.91 Å². The third-order valence-electron chi connectivity index (χ3n) is 2.53. The maximum Gasteiger partial charge on any atom is 0.222 e. The summed E-state index contributed by atoms with van der Waals surface area (Å²) in [6.07, 6.45) is 0.355. The molecule has 0 radical (unpaired) electrons. The van der Waals surface area contributed by atoms with E-state index in [1.807, 2.05) is 27.7 Å². The molecule has 0 heterocycles. The molecule has 0 rings (SSSR count). The number of ether oxygens (including phenoxy) is 1. The molecule has 90 valence electrons. The van der Waals surface area contributed by atoms with Gasteiger partial charge >= 0.3 is 0 Å². The lowest BCUT2D eigenvalue weighted by atomic mass is 10.0. The molecule has 0 spiro atoms. The summed E-state index contributed by atoms with van der Waals surface area (Å²) in [6, 6.07) is 0.0135. The summed E-state index contributed by atoms with van der Waals surface area (Å²) in [5.41, 5.74) is 5.40. The first-order valence-corrected chi connectivity index (χ1v) is 5.36. The van der Waals surface area contributed by atoms with Gasteiger partial charge in [0, 0.05) is 19.7 Å². The second-order valence-electron chi connectivity index (χ2n) is 4.85. The predicted octanol–water partition coefficient (Wildman–Crippen LogP) is 0.901. The Labute approximate surface area is 92.6 Å². The summed E-state index contributed by atoms with van der Waals surface area (Å²) in [5, 5.41) is 2.81. The fourth-order valence-electron chi connectivity index (χ4n) is 0.989. The average Bonchev–Trinajstić information content (AvgIpc) is 2.13. The number of nitrogens with one attached hydrogen (secondary N) is 1. The highest BCUT2D eigenvalue weighted by Gasteiger charge is 2.21. The lowest BCUT2D eigenvalue weighted by molar-refractivity contribution is -0.126. The summed E-state index contributed by atoms with van der Waals surface area (Å²) in [5.74, 6) is 0.360. The van der Waals surface area contributed by atoms with Gasteiger partial charge in [0.15, 0.2) is 0 Å². The fraction of sp³-hybridized carbons (Fsp3) is 0.909. The summed E-state index contributed by atoms with van der Waals surface area (Å²) < 4.78 is 5.17. The summed E-state index contributed by atoms with van der Waals surface area (Å²) in [6.45, 7) is 8.37. The lowest BCUT2D eigenvalue weighted by Crippen LogP contribution is -2.42. The van der Waals surface area contributed by atoms with Crippen molar-refractivity contribution < 1.29 is 9.53 Å². The van der Waals surface area contributed by atoms with Crippen molar-refractivity contribution >= 4 is 5.91 Å². The predicted molar refractivity (Wildman–Crippen MR) is 61.5 cm³/mol. The maximum absolute atomic E-state index is 11.5. The van der Waals surface area contributed by atoms with Crippen LogP contribution in [0.1, 0.15) is 34.1 Å². The lowest BCUT2D eigenvalue weighted by Gasteiger charge is -2.23. The van der Waals surface area contributed by atoms with E-state index in [1.54, 1.807) is 7.11 Å². The Morgan fingerprint density at radius 2 is 2.00 bits per heavy atom. The van der Waals surface area contributed by atoms with Crippen LogP contribution in [0.2, 0.25) is 0 Å². The van der Waals surface area contributed by atoms with E-state index in [4.69, 9.17) is 10.5 Å². The summed E-state index contributed by atoms with van der Waals surface area (Å²) in [4.78, 5) is 11.5. The first-order valence-electron chi connectivity index (χ1n) is 5.36. The first-order chi connectivity index (χ1) is 6.78. The molecule has 3 N–H and O–H groups in total. The highest BCUT2D eigenvalue weighted by atomic mass is 16.5. The Bertz CT molecular complexity index is 203. The van der Waals surface area contributed by atoms with E-state index < -0.39 is 5.60 Å². The van der Waals surface area contributed by atoms with Gasteiger partial charge in [-0.15, -0.1) is 0 Å². The van der Waals surface area contributed by atoms with E-state index in [9.17, 15) is 4.79 Å². The molecule has 0 aromatic heterocycles. The van der Waals surface area contributed by atoms with Gasteiger partial charge in [-0.2, -0.15) is 0 Å². The third-order valence-corrected chi connectivity index (χ3v) is 2.53. The van der Waals surface area contributed by atoms with Crippen LogP contribution < -0.4 is 11.1 Å². The Kier molecular flexibility index (Phi) is 5.83. The van der Waals surface area contributed by atoms with Crippen molar-refractivity contribution in [2.45, 2.75) is 45.8 Å². The van der Waals surface area contributed by atoms with Crippen LogP contribution in [0.3, 0.4) is 0 Å². The molecule has 1 unspecified atom stereocenters. The molecule has 0 aromatic carbocycles. The van der Waals surface area contributed by atoms with Gasteiger partial charge in [0.25, 0.3) is 0 Å². The van der Waals surface area contributed by atoms with Crippen molar-refractivity contribution in [3.63, 3.8) is 0 Å². The largest absolute Gasteiger partial charge is 0.378 e. The van der Waals surface area contributed by atoms with Gasteiger partial charge in [-0.05, 0) is 19.8 Å². The molecular weight excluding hydrogens is 192 g/mol. The number of carbonyl (C=O) groups is 1. The highest BCUT2D eigenvalue weighted by Crippen LogP contribution is 2.12. The fourth-order valence-corrected chi connectivity index (χ4v) is 0.989. The van der Waals surface area contributed by atoms with E-state index >= 15 is 0 Å². The normalized spacial score (nSPS) is 14.1. The first kappa shape index (κ1) is 14.4. The van der Waals surface area contributed by atoms with Crippen LogP contribution in [0, 0.1) is 5.92 Å². The average molecular weight is 216 g/mol. The van der Waals surface area contributed by atoms with Crippen LogP contribution in [0.15, 0.2) is 0 Å². The van der Waals surface area contributed by atoms with E-state index in [1.165, 1.54) is 0 Å². The van der Waals surface area contributed by atoms with E-state index in [2.05, 4.69) is 5.32 Å². The van der Waals surface area contributed by atoms with Crippen LogP contribution in [0.25, 0.3) is 0 Å². The Morgan fingerprint density at radius 1 is 1.47 bits per heavy atom. The smallest absolute Gasteiger partial charge is 0.222 e. The quantitative estimate of drug-likeness (QED) is 0.693. The van der Waals surface area contributed by atoms with Crippen molar-refractivity contribution in [1.82, 2.24) is 5.32 Å². The topological polar surface area (TPSA) is 64.3 Å². The zero-order valence-corrected chi connectivity index (χ0v) is 10.5. The van der Waals surface area contributed by atoms with Gasteiger partial charge in [-0.25, -0.2) is 0 Å². The maximum atomic E-state index is 11.5. The molecule has 0 aliphatic carbocycles. The number of carbonyl (C=O) groups excluding carboxylic acids is 1. The monoisotopic (exact) mass is 216 g/mol. The van der Waals surface area contributed by atoms with Crippen molar-refractivity contribution in [3.8, 4) is 0 Å². The van der Waals surface area contributed by atoms with Crippen molar-refractivity contribution in [2.24, 2.45) is 11.7 Å². The van der Waals surface area contributed by atoms with Crippen molar-refractivity contribution in [1.29, 1.82) is 0 Å². The number of amides is 1. The molecule has 0 saturated heterocycles. The molecule has 0 bridgehead atoms. The van der Waals surface area contributed by atoms with E-state index in [0.29, 0.717) is 18.9 Å². The minimum Gasteiger partial charge on any atom is -0.378 e. The second kappa shape index (κ2) is 6.08. The van der Waals surface area contributed by atoms with Gasteiger partial charge in [0.05, 0.1) is 12.0 Å². The Balaban J connectivity index is 3.86. The van der Waals surface area contributed by atoms with Crippen LogP contribution in [0.5, 0.6) is 0 Å². The molecule has 4 nitrogen and oxygen atoms in total. The van der Waals surface area contributed by atoms with Crippen molar-refractivity contribution in [2.75, 3.05) is 13.7 Å². The molecule has 0 aliphatic heterocycles. The van der Waals surface area contributed by atoms with Gasteiger partial charge in [-0.3, -0.25) is 4.79 Å². The van der Waals surface area contributed by atoms with E-state index in [-0.39, 0.29) is 11.9 Å². The zero-order chi connectivity index (χ0) is 12.1. The second-order valence-corrected chi connectivity index (χ2v) is 4.85. The minimum atomic E-state index is -0.411. The third kappa shape index (κ3) is 6.47. The zero-order valence-electron chi connectivity index (χ0n) is 10.5. The summed E-state index contributed by atoms with van der Waals surface area (Å²) in [7, 11) is 1.60. The van der Waals surface area contributed by atoms with E-state index in [0.717, 1.165) is 0 Å². The standard InChI is InChI=1S/C11H24N2O2/c1-8(2)9(12)7-13-10(14)6-11(3,4)15-5/h8-9H,6-7,12H2,1-5H3,(H,13,14). The number of hydrogen-bond acceptors (Lipinski definition) is 3. The molecule has 1 amide bonds. The summed E-state index contributed by atoms with van der Waals surface area (Å²) >= 11 is 0. The molecule has 0 fully saturated rings. The highest BCUT2D eigenvalue weighted by molar-refractivity contribution is 5.76. The molecular formula is C11H24N2O2. The van der Waals surface area contributed by atoms with Crippen LogP contribution in [0.4, 0.5) is 0 Å². The molecule has 1 atom stereocenters. The SMILES string of the molecule is COC(C)(C)CC(=O)NCC(N)C(C)C. The van der Waals surface area contributed by atoms with Gasteiger partial charge in [-0.1, -0.05) is 13.8 Å². The molecule has 15 heavy (non-hydrogen) atoms. The number of nitrogens with two attached hydrogens (primary N) is 1. The number of methoxy groups -OCH3 is 1. The van der Waals surface area contributed by atoms with Crippen molar-refractivity contribution in [3.05, 3.63) is 0 Å². The molecule has 0 saturated carbocycles. The van der Waals surface area contributed by atoms with Gasteiger partial charge < -0.3 is 15.8 Å². The number of hydrogen-bond donors (Lipinski definition) is 2. The molecule has 0 aromatic rings. The van der Waals surface area contributed by atoms with Crippen LogP contribution in [-0.4, -0.2) is 31.2 Å². The minimum absolute atomic E-state index is 0.0135. The van der Waals surface area contributed by atoms with Crippen LogP contribution >= 0.6 is 0 Å². The van der Waals surface area contributed by atoms with Crippen LogP contribution in [-0.2, 0) is 9.53 Å². The Hall–Kier alpha value is -0.610.